The van der Waals surface area contributed by atoms with Gasteiger partial charge < -0.3 is 14.9 Å². The fraction of sp³-hybridized carbons (Fsp3) is 0. The first-order valence-corrected chi connectivity index (χ1v) is 6.82. The number of esters is 1. The average molecular weight is 308 g/mol. The predicted molar refractivity (Wildman–Crippen MR) is 84.0 cm³/mol. The maximum Gasteiger partial charge on any atom is 0.343 e. The van der Waals surface area contributed by atoms with E-state index in [-0.39, 0.29) is 17.1 Å². The van der Waals surface area contributed by atoms with E-state index in [0.29, 0.717) is 5.56 Å². The second-order valence-corrected chi connectivity index (χ2v) is 4.94. The van der Waals surface area contributed by atoms with Crippen LogP contribution in [0, 0.1) is 0 Å². The van der Waals surface area contributed by atoms with Crippen molar-refractivity contribution in [2.24, 2.45) is 0 Å². The molecule has 5 nitrogen and oxygen atoms in total. The number of aromatic hydroxyl groups is 1. The largest absolute Gasteiger partial charge is 0.508 e. The van der Waals surface area contributed by atoms with Crippen LogP contribution in [-0.4, -0.2) is 22.2 Å². The van der Waals surface area contributed by atoms with Crippen LogP contribution in [-0.2, 0) is 0 Å². The molecule has 0 saturated heterocycles. The number of hydrogen-bond acceptors (Lipinski definition) is 4. The zero-order chi connectivity index (χ0) is 16.4. The first-order valence-electron chi connectivity index (χ1n) is 6.82. The third-order valence-electron chi connectivity index (χ3n) is 3.38. The molecule has 23 heavy (non-hydrogen) atoms. The first kappa shape index (κ1) is 14.6. The fourth-order valence-electron chi connectivity index (χ4n) is 2.25. The first-order chi connectivity index (χ1) is 11.0. The molecule has 0 saturated carbocycles. The summed E-state index contributed by atoms with van der Waals surface area (Å²) >= 11 is 0. The van der Waals surface area contributed by atoms with Gasteiger partial charge in [0.15, 0.2) is 0 Å². The summed E-state index contributed by atoms with van der Waals surface area (Å²) in [7, 11) is 0. The summed E-state index contributed by atoms with van der Waals surface area (Å²) in [5.41, 5.74) is 0.218. The third kappa shape index (κ3) is 2.98. The Labute approximate surface area is 131 Å². The Morgan fingerprint density at radius 2 is 1.57 bits per heavy atom. The zero-order valence-electron chi connectivity index (χ0n) is 11.9. The molecule has 3 rings (SSSR count). The van der Waals surface area contributed by atoms with E-state index in [4.69, 9.17) is 9.84 Å². The van der Waals surface area contributed by atoms with Crippen LogP contribution in [0.4, 0.5) is 0 Å². The molecule has 0 radical (unpaired) electrons. The van der Waals surface area contributed by atoms with Gasteiger partial charge in [-0.05, 0) is 47.2 Å². The summed E-state index contributed by atoms with van der Waals surface area (Å²) in [6.07, 6.45) is 0. The van der Waals surface area contributed by atoms with Gasteiger partial charge in [-0.2, -0.15) is 0 Å². The van der Waals surface area contributed by atoms with E-state index in [1.54, 1.807) is 42.5 Å². The maximum absolute atomic E-state index is 12.2. The number of carbonyl (C=O) groups is 2. The number of carboxylic acids is 1. The van der Waals surface area contributed by atoms with Gasteiger partial charge in [0, 0.05) is 0 Å². The number of phenols is 1. The molecule has 3 aromatic rings. The number of para-hydroxylation sites is 1. The minimum Gasteiger partial charge on any atom is -0.508 e. The smallest absolute Gasteiger partial charge is 0.343 e. The second kappa shape index (κ2) is 5.81. The highest BCUT2D eigenvalue weighted by Gasteiger charge is 2.15. The van der Waals surface area contributed by atoms with Gasteiger partial charge >= 0.3 is 11.9 Å². The number of carbonyl (C=O) groups excluding carboxylic acids is 1. The summed E-state index contributed by atoms with van der Waals surface area (Å²) < 4.78 is 5.20. The quantitative estimate of drug-likeness (QED) is 0.572. The molecule has 0 atom stereocenters. The molecule has 0 aliphatic heterocycles. The predicted octanol–water partition coefficient (Wildman–Crippen LogP) is 3.46. The maximum atomic E-state index is 12.2. The molecule has 3 aromatic carbocycles. The van der Waals surface area contributed by atoms with Crippen molar-refractivity contribution in [2.45, 2.75) is 0 Å². The van der Waals surface area contributed by atoms with Gasteiger partial charge in [0.1, 0.15) is 17.1 Å². The highest BCUT2D eigenvalue weighted by molar-refractivity contribution is 5.98. The van der Waals surface area contributed by atoms with Crippen LogP contribution in [0.5, 0.6) is 11.5 Å². The lowest BCUT2D eigenvalue weighted by atomic mass is 10.1. The van der Waals surface area contributed by atoms with Crippen molar-refractivity contribution in [1.82, 2.24) is 0 Å². The lowest BCUT2D eigenvalue weighted by molar-refractivity contribution is 0.0681. The van der Waals surface area contributed by atoms with Crippen molar-refractivity contribution in [3.63, 3.8) is 0 Å². The topological polar surface area (TPSA) is 83.8 Å². The summed E-state index contributed by atoms with van der Waals surface area (Å²) in [5, 5.41) is 20.1. The van der Waals surface area contributed by atoms with Crippen LogP contribution in [0.25, 0.3) is 10.8 Å². The zero-order valence-corrected chi connectivity index (χ0v) is 11.9. The van der Waals surface area contributed by atoms with Gasteiger partial charge in [-0.1, -0.05) is 24.3 Å². The van der Waals surface area contributed by atoms with Gasteiger partial charge in [-0.25, -0.2) is 9.59 Å². The summed E-state index contributed by atoms with van der Waals surface area (Å²) in [6, 6.07) is 15.6. The van der Waals surface area contributed by atoms with Gasteiger partial charge in [0.2, 0.25) is 0 Å². The Morgan fingerprint density at radius 1 is 0.870 bits per heavy atom. The highest BCUT2D eigenvalue weighted by Crippen LogP contribution is 2.23. The molecular weight excluding hydrogens is 296 g/mol. The van der Waals surface area contributed by atoms with Crippen molar-refractivity contribution in [3.05, 3.63) is 71.8 Å². The Balaban J connectivity index is 1.92. The Kier molecular flexibility index (Phi) is 3.68. The molecule has 0 aliphatic carbocycles. The number of fused-ring (bicyclic) bond motifs is 1. The van der Waals surface area contributed by atoms with Crippen molar-refractivity contribution in [1.29, 1.82) is 0 Å². The van der Waals surface area contributed by atoms with Crippen LogP contribution in [0.15, 0.2) is 60.7 Å². The van der Waals surface area contributed by atoms with Crippen LogP contribution >= 0.6 is 0 Å². The number of benzene rings is 3. The monoisotopic (exact) mass is 308 g/mol. The van der Waals surface area contributed by atoms with Crippen LogP contribution in [0.2, 0.25) is 0 Å². The number of carboxylic acid groups (broad SMARTS) is 1. The Morgan fingerprint density at radius 3 is 2.35 bits per heavy atom. The molecule has 0 bridgehead atoms. The number of aromatic carboxylic acids is 1. The normalized spacial score (nSPS) is 10.4. The van der Waals surface area contributed by atoms with E-state index < -0.39 is 11.9 Å². The lowest BCUT2D eigenvalue weighted by Gasteiger charge is -2.08. The van der Waals surface area contributed by atoms with E-state index >= 15 is 0 Å². The molecule has 0 spiro atoms. The minimum atomic E-state index is -1.16. The Hall–Kier alpha value is -3.34. The summed E-state index contributed by atoms with van der Waals surface area (Å²) in [6.45, 7) is 0. The summed E-state index contributed by atoms with van der Waals surface area (Å²) in [4.78, 5) is 23.4. The number of hydrogen-bond donors (Lipinski definition) is 2. The molecule has 2 N–H and O–H groups in total. The standard InChI is InChI=1S/C18H12O5/c19-14-8-7-11-9-13(6-5-12(11)10-14)18(22)23-16-4-2-1-3-15(16)17(20)21/h1-10,19H,(H,20,21). The van der Waals surface area contributed by atoms with Gasteiger partial charge in [-0.3, -0.25) is 0 Å². The average Bonchev–Trinajstić information content (AvgIpc) is 2.54. The molecule has 0 aromatic heterocycles. The number of rotatable bonds is 3. The molecular formula is C18H12O5. The van der Waals surface area contributed by atoms with E-state index in [9.17, 15) is 14.7 Å². The van der Waals surface area contributed by atoms with Gasteiger partial charge in [-0.15, -0.1) is 0 Å². The molecule has 0 heterocycles. The van der Waals surface area contributed by atoms with Gasteiger partial charge in [0.05, 0.1) is 5.56 Å². The minimum absolute atomic E-state index is 0.00389. The molecule has 5 heteroatoms. The van der Waals surface area contributed by atoms with Crippen LogP contribution in [0.3, 0.4) is 0 Å². The number of ether oxygens (including phenoxy) is 1. The molecule has 0 amide bonds. The van der Waals surface area contributed by atoms with Crippen LogP contribution in [0.1, 0.15) is 20.7 Å². The molecule has 114 valence electrons. The third-order valence-corrected chi connectivity index (χ3v) is 3.38. The molecule has 0 fully saturated rings. The van der Waals surface area contributed by atoms with E-state index in [2.05, 4.69) is 0 Å². The molecule has 0 aliphatic rings. The SMILES string of the molecule is O=C(Oc1ccccc1C(=O)O)c1ccc2cc(O)ccc2c1. The number of phenolic OH excluding ortho intramolecular Hbond substituents is 1. The summed E-state index contributed by atoms with van der Waals surface area (Å²) in [5.74, 6) is -1.67. The molecule has 0 unspecified atom stereocenters. The van der Waals surface area contributed by atoms with Crippen molar-refractivity contribution < 1.29 is 24.5 Å². The Bertz CT molecular complexity index is 914. The highest BCUT2D eigenvalue weighted by atomic mass is 16.5. The van der Waals surface area contributed by atoms with E-state index in [0.717, 1.165) is 10.8 Å². The van der Waals surface area contributed by atoms with Crippen molar-refractivity contribution >= 4 is 22.7 Å². The lowest BCUT2D eigenvalue weighted by Crippen LogP contribution is -2.11. The second-order valence-electron chi connectivity index (χ2n) is 4.94. The van der Waals surface area contributed by atoms with E-state index in [1.165, 1.54) is 18.2 Å². The van der Waals surface area contributed by atoms with Crippen molar-refractivity contribution in [3.8, 4) is 11.5 Å². The van der Waals surface area contributed by atoms with E-state index in [1.807, 2.05) is 0 Å². The van der Waals surface area contributed by atoms with Crippen molar-refractivity contribution in [2.75, 3.05) is 0 Å². The van der Waals surface area contributed by atoms with Crippen LogP contribution < -0.4 is 4.74 Å². The van der Waals surface area contributed by atoms with Gasteiger partial charge in [0.25, 0.3) is 0 Å². The fourth-order valence-corrected chi connectivity index (χ4v) is 2.25.